The van der Waals surface area contributed by atoms with E-state index in [2.05, 4.69) is 160 Å². The van der Waals surface area contributed by atoms with Crippen molar-refractivity contribution < 1.29 is 0 Å². The van der Waals surface area contributed by atoms with E-state index in [-0.39, 0.29) is 6.04 Å². The molecule has 2 unspecified atom stereocenters. The standard InChI is InChI=1S/C45H36N4.C2H6/c1-47-40-25-12-9-22-37(40)46-45(43(47)28-14-3-2-4-15-28)49-39-24-11-8-19-32(39)36-27-41-35(26-42(36)49)30-17-6-5-16-29(30)33-20-13-21-34-31-18-7-10-23-38(31)48(41)44(33)34;1-2/h2-10,13-23,26-27,37,40,46H,11-12,24-25H2,1H3;1-2H3. The fourth-order valence-corrected chi connectivity index (χ4v) is 9.41. The van der Waals surface area contributed by atoms with Crippen LogP contribution in [0.15, 0.2) is 127 Å². The van der Waals surface area contributed by atoms with Gasteiger partial charge in [0.25, 0.3) is 0 Å². The number of allylic oxidation sites excluding steroid dienone is 2. The van der Waals surface area contributed by atoms with Gasteiger partial charge in [0.15, 0.2) is 0 Å². The minimum Gasteiger partial charge on any atom is -0.366 e. The maximum absolute atomic E-state index is 4.13. The van der Waals surface area contributed by atoms with E-state index in [4.69, 9.17) is 0 Å². The molecule has 4 heterocycles. The lowest BCUT2D eigenvalue weighted by Gasteiger charge is -2.45. The molecule has 0 fully saturated rings. The number of hydrogen-bond acceptors (Lipinski definition) is 2. The molecule has 4 nitrogen and oxygen atoms in total. The van der Waals surface area contributed by atoms with Gasteiger partial charge in [0.2, 0.25) is 0 Å². The van der Waals surface area contributed by atoms with E-state index in [0.717, 1.165) is 25.7 Å². The molecule has 0 saturated carbocycles. The van der Waals surface area contributed by atoms with Crippen LogP contribution in [0.25, 0.3) is 78.2 Å². The van der Waals surface area contributed by atoms with E-state index in [9.17, 15) is 0 Å². The third-order valence-electron chi connectivity index (χ3n) is 11.5. The quantitative estimate of drug-likeness (QED) is 0.186. The van der Waals surface area contributed by atoms with Crippen molar-refractivity contribution in [3.63, 3.8) is 0 Å². The summed E-state index contributed by atoms with van der Waals surface area (Å²) < 4.78 is 5.14. The highest BCUT2D eigenvalue weighted by Gasteiger charge is 2.37. The number of fused-ring (bicyclic) bond motifs is 12. The Bertz CT molecular complexity index is 2610. The molecule has 5 aromatic carbocycles. The van der Waals surface area contributed by atoms with Gasteiger partial charge in [0.1, 0.15) is 5.82 Å². The normalized spacial score (nSPS) is 18.5. The van der Waals surface area contributed by atoms with E-state index in [1.807, 2.05) is 13.8 Å². The second-order valence-electron chi connectivity index (χ2n) is 14.0. The number of benzene rings is 5. The summed E-state index contributed by atoms with van der Waals surface area (Å²) in [6, 6.07) is 41.4. The summed E-state index contributed by atoms with van der Waals surface area (Å²) in [6.45, 7) is 4.00. The summed E-state index contributed by atoms with van der Waals surface area (Å²) in [4.78, 5) is 2.56. The number of aromatic nitrogens is 2. The molecule has 250 valence electrons. The number of rotatable bonds is 2. The van der Waals surface area contributed by atoms with Crippen LogP contribution in [0.5, 0.6) is 0 Å². The maximum Gasteiger partial charge on any atom is 0.136 e. The van der Waals surface area contributed by atoms with Crippen LogP contribution < -0.4 is 5.32 Å². The Morgan fingerprint density at radius 2 is 1.39 bits per heavy atom. The molecular formula is C47H42N4. The number of likely N-dealkylation sites (N-methyl/N-ethyl adjacent to an activating group) is 1. The predicted octanol–water partition coefficient (Wildman–Crippen LogP) is 11.3. The highest BCUT2D eigenvalue weighted by atomic mass is 15.3. The molecule has 4 heteroatoms. The van der Waals surface area contributed by atoms with Crippen LogP contribution in [0.3, 0.4) is 0 Å². The van der Waals surface area contributed by atoms with Gasteiger partial charge in [-0.05, 0) is 55.0 Å². The molecule has 1 N–H and O–H groups in total. The lowest BCUT2D eigenvalue weighted by molar-refractivity contribution is 0.268. The van der Waals surface area contributed by atoms with Gasteiger partial charge in [-0.15, -0.1) is 0 Å². The minimum atomic E-state index is 0.254. The van der Waals surface area contributed by atoms with Gasteiger partial charge >= 0.3 is 0 Å². The van der Waals surface area contributed by atoms with Gasteiger partial charge in [-0.25, -0.2) is 0 Å². The molecule has 2 aromatic heterocycles. The molecule has 4 aliphatic rings. The van der Waals surface area contributed by atoms with Crippen LogP contribution in [0.4, 0.5) is 0 Å². The first-order chi connectivity index (χ1) is 25.3. The molecule has 11 rings (SSSR count). The van der Waals surface area contributed by atoms with Crippen LogP contribution in [0.1, 0.15) is 49.9 Å². The van der Waals surface area contributed by atoms with Crippen molar-refractivity contribution in [2.24, 2.45) is 0 Å². The van der Waals surface area contributed by atoms with E-state index in [1.165, 1.54) is 89.0 Å². The smallest absolute Gasteiger partial charge is 0.136 e. The van der Waals surface area contributed by atoms with E-state index in [1.54, 1.807) is 0 Å². The molecule has 0 bridgehead atoms. The van der Waals surface area contributed by atoms with Crippen LogP contribution in [-0.4, -0.2) is 33.2 Å². The van der Waals surface area contributed by atoms with Crippen LogP contribution >= 0.6 is 0 Å². The molecule has 0 amide bonds. The second kappa shape index (κ2) is 11.7. The van der Waals surface area contributed by atoms with Gasteiger partial charge in [-0.1, -0.05) is 129 Å². The fraction of sp³-hybridized carbons (Fsp3) is 0.191. The largest absolute Gasteiger partial charge is 0.366 e. The fourth-order valence-electron chi connectivity index (χ4n) is 9.41. The van der Waals surface area contributed by atoms with Crippen molar-refractivity contribution in [3.8, 4) is 27.9 Å². The molecule has 0 radical (unpaired) electrons. The zero-order valence-corrected chi connectivity index (χ0v) is 29.5. The van der Waals surface area contributed by atoms with Crippen molar-refractivity contribution in [3.05, 3.63) is 144 Å². The molecule has 2 atom stereocenters. The highest BCUT2D eigenvalue weighted by Crippen LogP contribution is 2.49. The summed E-state index contributed by atoms with van der Waals surface area (Å²) in [7, 11) is 2.31. The first kappa shape index (κ1) is 30.1. The Morgan fingerprint density at radius 1 is 0.647 bits per heavy atom. The monoisotopic (exact) mass is 662 g/mol. The molecule has 2 aliphatic carbocycles. The summed E-state index contributed by atoms with van der Waals surface area (Å²) in [6.07, 6.45) is 13.8. The SMILES string of the molecule is CC.CN1C(c2ccccc2)=C(n2c3c(c4cc5c(cc42)-c2ccccc2-c2cccc4c6ccccc6n-5c24)C=CCC3)NC2C=CCCC21. The summed E-state index contributed by atoms with van der Waals surface area (Å²) in [5.41, 5.74) is 15.4. The Morgan fingerprint density at radius 3 is 2.25 bits per heavy atom. The number of nitrogens with one attached hydrogen (secondary N) is 1. The predicted molar refractivity (Wildman–Crippen MR) is 216 cm³/mol. The van der Waals surface area contributed by atoms with E-state index >= 15 is 0 Å². The van der Waals surface area contributed by atoms with Crippen molar-refractivity contribution in [2.45, 2.75) is 51.6 Å². The number of hydrogen-bond donors (Lipinski definition) is 1. The van der Waals surface area contributed by atoms with E-state index in [0.29, 0.717) is 6.04 Å². The van der Waals surface area contributed by atoms with Crippen molar-refractivity contribution in [1.29, 1.82) is 0 Å². The Kier molecular flexibility index (Phi) is 6.89. The first-order valence-corrected chi connectivity index (χ1v) is 18.7. The lowest BCUT2D eigenvalue weighted by atomic mass is 9.91. The molecule has 51 heavy (non-hydrogen) atoms. The van der Waals surface area contributed by atoms with Crippen molar-refractivity contribution in [1.82, 2.24) is 19.4 Å². The van der Waals surface area contributed by atoms with Gasteiger partial charge in [-0.2, -0.15) is 0 Å². The molecule has 2 aliphatic heterocycles. The maximum atomic E-state index is 4.13. The summed E-state index contributed by atoms with van der Waals surface area (Å²) in [5.74, 6) is 1.18. The highest BCUT2D eigenvalue weighted by molar-refractivity contribution is 6.17. The average molecular weight is 663 g/mol. The van der Waals surface area contributed by atoms with Gasteiger partial charge in [0.05, 0.1) is 40.0 Å². The zero-order valence-electron chi connectivity index (χ0n) is 29.5. The second-order valence-corrected chi connectivity index (χ2v) is 14.0. The number of para-hydroxylation sites is 2. The third kappa shape index (κ3) is 4.26. The lowest BCUT2D eigenvalue weighted by Crippen LogP contribution is -2.53. The van der Waals surface area contributed by atoms with E-state index < -0.39 is 0 Å². The molecule has 0 spiro atoms. The zero-order chi connectivity index (χ0) is 34.2. The third-order valence-corrected chi connectivity index (χ3v) is 11.5. The van der Waals surface area contributed by atoms with Gasteiger partial charge < -0.3 is 14.8 Å². The summed E-state index contributed by atoms with van der Waals surface area (Å²) >= 11 is 0. The Labute approximate surface area is 299 Å². The van der Waals surface area contributed by atoms with Gasteiger partial charge in [-0.3, -0.25) is 4.57 Å². The summed E-state index contributed by atoms with van der Waals surface area (Å²) in [5, 5.41) is 8.03. The van der Waals surface area contributed by atoms with Gasteiger partial charge in [0, 0.05) is 51.2 Å². The Balaban J connectivity index is 0.00000161. The van der Waals surface area contributed by atoms with Crippen LogP contribution in [-0.2, 0) is 6.42 Å². The van der Waals surface area contributed by atoms with Crippen LogP contribution in [0, 0.1) is 0 Å². The Hall–Kier alpha value is -5.74. The molecule has 7 aromatic rings. The van der Waals surface area contributed by atoms with Crippen molar-refractivity contribution in [2.75, 3.05) is 7.05 Å². The number of nitrogens with zero attached hydrogens (tertiary/aromatic N) is 3. The molecule has 0 saturated heterocycles. The average Bonchev–Trinajstić information content (AvgIpc) is 3.67. The minimum absolute atomic E-state index is 0.254. The first-order valence-electron chi connectivity index (χ1n) is 18.7. The van der Waals surface area contributed by atoms with Crippen molar-refractivity contribution >= 4 is 50.3 Å². The van der Waals surface area contributed by atoms with Crippen LogP contribution in [0.2, 0.25) is 0 Å². The molecular weight excluding hydrogens is 621 g/mol. The topological polar surface area (TPSA) is 25.1 Å².